The Balaban J connectivity index is 1.64. The van der Waals surface area contributed by atoms with Gasteiger partial charge in [-0.25, -0.2) is 18.6 Å². The van der Waals surface area contributed by atoms with E-state index in [0.717, 1.165) is 17.7 Å². The van der Waals surface area contributed by atoms with Crippen molar-refractivity contribution in [3.63, 3.8) is 0 Å². The summed E-state index contributed by atoms with van der Waals surface area (Å²) in [5.41, 5.74) is 1.10. The van der Waals surface area contributed by atoms with Crippen molar-refractivity contribution in [2.75, 3.05) is 5.32 Å². The maximum absolute atomic E-state index is 13.7. The monoisotopic (exact) mass is 343 g/mol. The van der Waals surface area contributed by atoms with E-state index in [9.17, 15) is 13.6 Å². The van der Waals surface area contributed by atoms with Crippen LogP contribution >= 0.6 is 0 Å². The predicted octanol–water partition coefficient (Wildman–Crippen LogP) is 4.50. The van der Waals surface area contributed by atoms with Gasteiger partial charge in [0.1, 0.15) is 17.9 Å². The van der Waals surface area contributed by atoms with Gasteiger partial charge >= 0.3 is 6.03 Å². The van der Waals surface area contributed by atoms with Crippen molar-refractivity contribution in [2.45, 2.75) is 13.0 Å². The molecule has 128 valence electrons. The fourth-order valence-corrected chi connectivity index (χ4v) is 2.42. The quantitative estimate of drug-likeness (QED) is 0.733. The van der Waals surface area contributed by atoms with Crippen molar-refractivity contribution >= 4 is 11.7 Å². The Morgan fingerprint density at radius 1 is 1.12 bits per heavy atom. The Hall–Kier alpha value is -3.22. The fraction of sp³-hybridized carbons (Fsp3) is 0.111. The van der Waals surface area contributed by atoms with Gasteiger partial charge in [0.15, 0.2) is 0 Å². The number of anilines is 1. The molecule has 1 atom stereocenters. The van der Waals surface area contributed by atoms with Gasteiger partial charge in [-0.2, -0.15) is 0 Å². The van der Waals surface area contributed by atoms with Crippen molar-refractivity contribution in [2.24, 2.45) is 0 Å². The highest BCUT2D eigenvalue weighted by molar-refractivity contribution is 5.89. The van der Waals surface area contributed by atoms with Gasteiger partial charge in [0.2, 0.25) is 5.89 Å². The van der Waals surface area contributed by atoms with Crippen LogP contribution in [0.25, 0.3) is 11.5 Å². The second-order valence-electron chi connectivity index (χ2n) is 5.37. The lowest BCUT2D eigenvalue weighted by atomic mass is 10.1. The number of amides is 2. The van der Waals surface area contributed by atoms with Crippen LogP contribution in [0.5, 0.6) is 0 Å². The molecule has 0 aliphatic carbocycles. The minimum atomic E-state index is -0.826. The number of oxazole rings is 1. The van der Waals surface area contributed by atoms with Crippen molar-refractivity contribution in [1.82, 2.24) is 10.3 Å². The van der Waals surface area contributed by atoms with E-state index in [4.69, 9.17) is 4.42 Å². The molecule has 3 rings (SSSR count). The summed E-state index contributed by atoms with van der Waals surface area (Å²) in [6.07, 6.45) is 3.01. The Morgan fingerprint density at radius 2 is 1.80 bits per heavy atom. The predicted molar refractivity (Wildman–Crippen MR) is 88.9 cm³/mol. The lowest BCUT2D eigenvalue weighted by molar-refractivity contribution is 0.249. The van der Waals surface area contributed by atoms with Gasteiger partial charge in [-0.05, 0) is 43.3 Å². The minimum Gasteiger partial charge on any atom is -0.445 e. The second-order valence-corrected chi connectivity index (χ2v) is 5.37. The standard InChI is InChI=1S/C18H15F2N3O2/c1-11(16-14(19)3-2-4-15(16)20)22-18(24)23-13-7-5-12(6-8-13)17-21-9-10-25-17/h2-11H,1H3,(H2,22,23,24). The van der Waals surface area contributed by atoms with Crippen molar-refractivity contribution in [1.29, 1.82) is 0 Å². The summed E-state index contributed by atoms with van der Waals surface area (Å²) in [5.74, 6) is -0.939. The van der Waals surface area contributed by atoms with Crippen molar-refractivity contribution < 1.29 is 18.0 Å². The van der Waals surface area contributed by atoms with Crippen LogP contribution in [-0.4, -0.2) is 11.0 Å². The number of rotatable bonds is 4. The molecule has 0 radical (unpaired) electrons. The SMILES string of the molecule is CC(NC(=O)Nc1ccc(-c2ncco2)cc1)c1c(F)cccc1F. The number of urea groups is 1. The number of nitrogens with zero attached hydrogens (tertiary/aromatic N) is 1. The van der Waals surface area contributed by atoms with Crippen LogP contribution in [-0.2, 0) is 0 Å². The summed E-state index contributed by atoms with van der Waals surface area (Å²) in [6, 6.07) is 9.00. The lowest BCUT2D eigenvalue weighted by Gasteiger charge is -2.16. The van der Waals surface area contributed by atoms with Gasteiger partial charge < -0.3 is 15.1 Å². The highest BCUT2D eigenvalue weighted by Gasteiger charge is 2.17. The number of carbonyl (C=O) groups is 1. The molecule has 2 N–H and O–H groups in total. The first-order valence-corrected chi connectivity index (χ1v) is 7.56. The highest BCUT2D eigenvalue weighted by atomic mass is 19.1. The highest BCUT2D eigenvalue weighted by Crippen LogP contribution is 2.21. The molecule has 2 amide bonds. The maximum Gasteiger partial charge on any atom is 0.319 e. The summed E-state index contributed by atoms with van der Waals surface area (Å²) >= 11 is 0. The molecule has 3 aromatic rings. The fourth-order valence-electron chi connectivity index (χ4n) is 2.42. The van der Waals surface area contributed by atoms with Gasteiger partial charge in [0.25, 0.3) is 0 Å². The molecule has 0 spiro atoms. The molecule has 0 saturated heterocycles. The van der Waals surface area contributed by atoms with E-state index >= 15 is 0 Å². The Morgan fingerprint density at radius 3 is 2.40 bits per heavy atom. The number of halogens is 2. The number of hydrogen-bond acceptors (Lipinski definition) is 3. The largest absolute Gasteiger partial charge is 0.445 e. The third kappa shape index (κ3) is 3.82. The normalized spacial score (nSPS) is 11.8. The Kier molecular flexibility index (Phi) is 4.74. The first-order chi connectivity index (χ1) is 12.0. The Labute approximate surface area is 142 Å². The van der Waals surface area contributed by atoms with Gasteiger partial charge in [-0.15, -0.1) is 0 Å². The zero-order valence-electron chi connectivity index (χ0n) is 13.3. The molecule has 1 unspecified atom stereocenters. The van der Waals surface area contributed by atoms with Gasteiger partial charge in [-0.3, -0.25) is 0 Å². The molecule has 0 aliphatic heterocycles. The summed E-state index contributed by atoms with van der Waals surface area (Å²) < 4.78 is 32.6. The van der Waals surface area contributed by atoms with Crippen LogP contribution in [0.2, 0.25) is 0 Å². The number of hydrogen-bond donors (Lipinski definition) is 2. The average Bonchev–Trinajstić information content (AvgIpc) is 3.09. The molecule has 25 heavy (non-hydrogen) atoms. The van der Waals surface area contributed by atoms with Gasteiger partial charge in [0, 0.05) is 16.8 Å². The van der Waals surface area contributed by atoms with Gasteiger partial charge in [-0.1, -0.05) is 6.07 Å². The number of aromatic nitrogens is 1. The van der Waals surface area contributed by atoms with E-state index in [-0.39, 0.29) is 5.56 Å². The lowest BCUT2D eigenvalue weighted by Crippen LogP contribution is -2.32. The van der Waals surface area contributed by atoms with E-state index < -0.39 is 23.7 Å². The van der Waals surface area contributed by atoms with E-state index in [1.54, 1.807) is 24.3 Å². The summed E-state index contributed by atoms with van der Waals surface area (Å²) in [4.78, 5) is 16.1. The minimum absolute atomic E-state index is 0.183. The number of nitrogens with one attached hydrogen (secondary N) is 2. The van der Waals surface area contributed by atoms with Crippen LogP contribution < -0.4 is 10.6 Å². The summed E-state index contributed by atoms with van der Waals surface area (Å²) in [5, 5.41) is 5.12. The van der Waals surface area contributed by atoms with Crippen molar-refractivity contribution in [3.05, 3.63) is 72.1 Å². The molecule has 2 aromatic carbocycles. The molecule has 0 bridgehead atoms. The summed E-state index contributed by atoms with van der Waals surface area (Å²) in [6.45, 7) is 1.51. The Bertz CT molecular complexity index is 844. The molecule has 1 aromatic heterocycles. The first kappa shape index (κ1) is 16.6. The van der Waals surface area contributed by atoms with Crippen molar-refractivity contribution in [3.8, 4) is 11.5 Å². The number of carbonyl (C=O) groups excluding carboxylic acids is 1. The molecule has 7 heteroatoms. The third-order valence-electron chi connectivity index (χ3n) is 3.60. The average molecular weight is 343 g/mol. The maximum atomic E-state index is 13.7. The molecular weight excluding hydrogens is 328 g/mol. The van der Waals surface area contributed by atoms with Crippen LogP contribution in [0, 0.1) is 11.6 Å². The topological polar surface area (TPSA) is 67.2 Å². The van der Waals surface area contributed by atoms with Crippen LogP contribution in [0.4, 0.5) is 19.3 Å². The third-order valence-corrected chi connectivity index (χ3v) is 3.60. The van der Waals surface area contributed by atoms with Gasteiger partial charge in [0.05, 0.1) is 12.2 Å². The molecule has 0 fully saturated rings. The number of benzene rings is 2. The molecule has 0 saturated carbocycles. The van der Waals surface area contributed by atoms with Crippen LogP contribution in [0.15, 0.2) is 59.3 Å². The van der Waals surface area contributed by atoms with Crippen LogP contribution in [0.1, 0.15) is 18.5 Å². The zero-order valence-corrected chi connectivity index (χ0v) is 13.3. The molecular formula is C18H15F2N3O2. The van der Waals surface area contributed by atoms with E-state index in [1.807, 2.05) is 0 Å². The van der Waals surface area contributed by atoms with E-state index in [2.05, 4.69) is 15.6 Å². The van der Waals surface area contributed by atoms with E-state index in [0.29, 0.717) is 11.6 Å². The smallest absolute Gasteiger partial charge is 0.319 e. The molecule has 1 heterocycles. The van der Waals surface area contributed by atoms with E-state index in [1.165, 1.54) is 25.5 Å². The molecule has 5 nitrogen and oxygen atoms in total. The second kappa shape index (κ2) is 7.12. The first-order valence-electron chi connectivity index (χ1n) is 7.56. The zero-order chi connectivity index (χ0) is 17.8. The summed E-state index contributed by atoms with van der Waals surface area (Å²) in [7, 11) is 0. The van der Waals surface area contributed by atoms with Crippen LogP contribution in [0.3, 0.4) is 0 Å². The molecule has 0 aliphatic rings.